The second-order valence-corrected chi connectivity index (χ2v) is 1.92. The quantitative estimate of drug-likeness (QED) is 0.612. The molecule has 0 nitrogen and oxygen atoms in total. The second-order valence-electron chi connectivity index (χ2n) is 1.92. The average Bonchev–Trinajstić information content (AvgIpc) is 2.67. The third-order valence-corrected chi connectivity index (χ3v) is 1.11. The van der Waals surface area contributed by atoms with Crippen LogP contribution >= 0.6 is 0 Å². The maximum absolute atomic E-state index is 2.00. The van der Waals surface area contributed by atoms with E-state index in [1.807, 2.05) is 60.7 Å². The van der Waals surface area contributed by atoms with Crippen LogP contribution in [0.5, 0.6) is 0 Å². The van der Waals surface area contributed by atoms with E-state index >= 15 is 0 Å². The van der Waals surface area contributed by atoms with Gasteiger partial charge in [0.25, 0.3) is 0 Å². The van der Waals surface area contributed by atoms with E-state index in [4.69, 9.17) is 0 Å². The van der Waals surface area contributed by atoms with Crippen molar-refractivity contribution in [3.8, 4) is 0 Å². The van der Waals surface area contributed by atoms with E-state index in [9.17, 15) is 0 Å². The molecule has 0 bridgehead atoms. The van der Waals surface area contributed by atoms with E-state index in [0.717, 1.165) is 0 Å². The van der Waals surface area contributed by atoms with Gasteiger partial charge in [-0.25, -0.2) is 24.3 Å². The SMILES string of the molecule is [Br-].[CH3-].[Zr+4].c1cc[cH-]c1.c1cc[cH-]c1. The van der Waals surface area contributed by atoms with Crippen molar-refractivity contribution in [2.45, 2.75) is 0 Å². The van der Waals surface area contributed by atoms with Crippen molar-refractivity contribution in [3.05, 3.63) is 68.1 Å². The molecule has 0 aliphatic rings. The molecule has 68 valence electrons. The molecule has 2 heteroatoms. The summed E-state index contributed by atoms with van der Waals surface area (Å²) in [6, 6.07) is 20.0. The van der Waals surface area contributed by atoms with Crippen LogP contribution in [0.2, 0.25) is 0 Å². The molecular weight excluding hydrogens is 303 g/mol. The van der Waals surface area contributed by atoms with Crippen LogP contribution in [-0.4, -0.2) is 0 Å². The Balaban J connectivity index is -0.000000125. The number of halogens is 1. The van der Waals surface area contributed by atoms with Crippen molar-refractivity contribution in [1.29, 1.82) is 0 Å². The van der Waals surface area contributed by atoms with Crippen molar-refractivity contribution >= 4 is 0 Å². The molecule has 13 heavy (non-hydrogen) atoms. The maximum Gasteiger partial charge on any atom is 4.00 e. The molecule has 0 radical (unpaired) electrons. The molecule has 0 saturated carbocycles. The first-order chi connectivity index (χ1) is 5.00. The van der Waals surface area contributed by atoms with Crippen LogP contribution in [0, 0.1) is 7.43 Å². The van der Waals surface area contributed by atoms with Crippen LogP contribution in [0.4, 0.5) is 0 Å². The molecule has 0 heterocycles. The molecule has 0 aliphatic heterocycles. The van der Waals surface area contributed by atoms with Crippen molar-refractivity contribution < 1.29 is 43.2 Å². The van der Waals surface area contributed by atoms with Gasteiger partial charge in [-0.05, 0) is 0 Å². The van der Waals surface area contributed by atoms with Gasteiger partial charge >= 0.3 is 26.2 Å². The number of rotatable bonds is 0. The van der Waals surface area contributed by atoms with Gasteiger partial charge in [-0.1, -0.05) is 0 Å². The Morgan fingerprint density at radius 2 is 0.846 bits per heavy atom. The van der Waals surface area contributed by atoms with E-state index < -0.39 is 0 Å². The zero-order chi connectivity index (χ0) is 7.07. The minimum atomic E-state index is 0. The largest absolute Gasteiger partial charge is 4.00 e. The second kappa shape index (κ2) is 14.6. The first kappa shape index (κ1) is 18.8. The molecule has 2 aromatic rings. The van der Waals surface area contributed by atoms with Gasteiger partial charge in [0.2, 0.25) is 0 Å². The molecule has 0 aromatic heterocycles. The Morgan fingerprint density at radius 1 is 0.615 bits per heavy atom. The third-order valence-electron chi connectivity index (χ3n) is 1.11. The molecule has 0 aliphatic carbocycles. The fraction of sp³-hybridized carbons (Fsp3) is 0. The fourth-order valence-electron chi connectivity index (χ4n) is 0.642. The van der Waals surface area contributed by atoms with Crippen LogP contribution < -0.4 is 17.0 Å². The summed E-state index contributed by atoms with van der Waals surface area (Å²) in [7, 11) is 0. The van der Waals surface area contributed by atoms with E-state index in [-0.39, 0.29) is 50.6 Å². The van der Waals surface area contributed by atoms with Gasteiger partial charge in [0.15, 0.2) is 0 Å². The van der Waals surface area contributed by atoms with Crippen LogP contribution in [0.15, 0.2) is 60.7 Å². The average molecular weight is 316 g/mol. The molecule has 0 amide bonds. The molecule has 0 atom stereocenters. The number of hydrogen-bond acceptors (Lipinski definition) is 0. The Kier molecular flexibility index (Phi) is 21.1. The minimum Gasteiger partial charge on any atom is -1.00 e. The first-order valence-electron chi connectivity index (χ1n) is 3.33. The molecule has 2 rings (SSSR count). The predicted molar refractivity (Wildman–Crippen MR) is 50.5 cm³/mol. The fourth-order valence-corrected chi connectivity index (χ4v) is 0.642. The molecule has 0 fully saturated rings. The summed E-state index contributed by atoms with van der Waals surface area (Å²) in [6.07, 6.45) is 0. The van der Waals surface area contributed by atoms with E-state index in [1.54, 1.807) is 0 Å². The smallest absolute Gasteiger partial charge is 1.00 e. The van der Waals surface area contributed by atoms with Crippen molar-refractivity contribution in [2.24, 2.45) is 0 Å². The normalized spacial score (nSPS) is 6.15. The van der Waals surface area contributed by atoms with Gasteiger partial charge in [-0.3, -0.25) is 0 Å². The van der Waals surface area contributed by atoms with E-state index in [0.29, 0.717) is 0 Å². The summed E-state index contributed by atoms with van der Waals surface area (Å²) in [5.74, 6) is 0. The summed E-state index contributed by atoms with van der Waals surface area (Å²) in [4.78, 5) is 0. The van der Waals surface area contributed by atoms with Gasteiger partial charge in [-0.2, -0.15) is 36.4 Å². The summed E-state index contributed by atoms with van der Waals surface area (Å²) >= 11 is 0. The molecule has 0 saturated heterocycles. The number of hydrogen-bond donors (Lipinski definition) is 0. The predicted octanol–water partition coefficient (Wildman–Crippen LogP) is 0.263. The Hall–Kier alpha value is 0.0631. The molecule has 0 unspecified atom stereocenters. The summed E-state index contributed by atoms with van der Waals surface area (Å²) in [5, 5.41) is 0. The Bertz CT molecular complexity index is 149. The summed E-state index contributed by atoms with van der Waals surface area (Å²) in [6.45, 7) is 0. The third kappa shape index (κ3) is 12.1. The van der Waals surface area contributed by atoms with Crippen LogP contribution in [-0.2, 0) is 26.2 Å². The zero-order valence-corrected chi connectivity index (χ0v) is 11.7. The minimum absolute atomic E-state index is 0. The maximum atomic E-state index is 2.00. The van der Waals surface area contributed by atoms with Crippen molar-refractivity contribution in [1.82, 2.24) is 0 Å². The van der Waals surface area contributed by atoms with E-state index in [1.165, 1.54) is 0 Å². The topological polar surface area (TPSA) is 0 Å². The van der Waals surface area contributed by atoms with Gasteiger partial charge in [0.05, 0.1) is 0 Å². The monoisotopic (exact) mass is 314 g/mol. The standard InChI is InChI=1S/2C5H5.CH3.BrH.Zr/c2*1-2-4-5-3-1;;;/h2*1-5H;1H3;1H;/q3*-1;;+4/p-1. The molecule has 0 spiro atoms. The molecule has 0 N–H and O–H groups in total. The van der Waals surface area contributed by atoms with Gasteiger partial charge in [-0.15, -0.1) is 0 Å². The van der Waals surface area contributed by atoms with Gasteiger partial charge in [0, 0.05) is 0 Å². The Labute approximate surface area is 111 Å². The van der Waals surface area contributed by atoms with Crippen LogP contribution in [0.25, 0.3) is 0 Å². The summed E-state index contributed by atoms with van der Waals surface area (Å²) in [5.41, 5.74) is 0. The molecular formula is C11H13BrZr. The van der Waals surface area contributed by atoms with Crippen LogP contribution in [0.1, 0.15) is 0 Å². The van der Waals surface area contributed by atoms with Crippen molar-refractivity contribution in [2.75, 3.05) is 0 Å². The van der Waals surface area contributed by atoms with Gasteiger partial charge in [0.1, 0.15) is 0 Å². The van der Waals surface area contributed by atoms with Crippen LogP contribution in [0.3, 0.4) is 0 Å². The van der Waals surface area contributed by atoms with Gasteiger partial charge < -0.3 is 24.4 Å². The molecule has 2 aromatic carbocycles. The first-order valence-corrected chi connectivity index (χ1v) is 3.33. The van der Waals surface area contributed by atoms with E-state index in [2.05, 4.69) is 0 Å². The zero-order valence-electron chi connectivity index (χ0n) is 7.65. The Morgan fingerprint density at radius 3 is 0.923 bits per heavy atom. The summed E-state index contributed by atoms with van der Waals surface area (Å²) < 4.78 is 0. The van der Waals surface area contributed by atoms with Crippen molar-refractivity contribution in [3.63, 3.8) is 0 Å².